The number of halogens is 1. The van der Waals surface area contributed by atoms with Crippen molar-refractivity contribution in [1.82, 2.24) is 14.1 Å². The van der Waals surface area contributed by atoms with Crippen LogP contribution in [0.5, 0.6) is 0 Å². The summed E-state index contributed by atoms with van der Waals surface area (Å²) in [5, 5.41) is 0.641. The lowest BCUT2D eigenvalue weighted by atomic mass is 9.46. The van der Waals surface area contributed by atoms with E-state index in [4.69, 9.17) is 11.6 Å². The molecule has 262 valence electrons. The van der Waals surface area contributed by atoms with E-state index >= 15 is 0 Å². The number of hydrogen-bond acceptors (Lipinski definition) is 3. The van der Waals surface area contributed by atoms with Crippen molar-refractivity contribution in [2.24, 2.45) is 34.5 Å². The lowest BCUT2D eigenvalue weighted by molar-refractivity contribution is -0.0478. The number of rotatable bonds is 9. The molecule has 0 spiro atoms. The Morgan fingerprint density at radius 2 is 1.58 bits per heavy atom. The average molecular weight is 690 g/mol. The van der Waals surface area contributed by atoms with E-state index in [0.29, 0.717) is 33.4 Å². The molecule has 2 heterocycles. The van der Waals surface area contributed by atoms with E-state index in [9.17, 15) is 9.59 Å². The van der Waals surface area contributed by atoms with Crippen molar-refractivity contribution in [3.05, 3.63) is 103 Å². The van der Waals surface area contributed by atoms with E-state index in [1.54, 1.807) is 12.1 Å². The van der Waals surface area contributed by atoms with Gasteiger partial charge in [0, 0.05) is 10.7 Å². The summed E-state index contributed by atoms with van der Waals surface area (Å²) in [6, 6.07) is 18.9. The number of para-hydroxylation sites is 1. The van der Waals surface area contributed by atoms with Gasteiger partial charge < -0.3 is 0 Å². The van der Waals surface area contributed by atoms with E-state index < -0.39 is 5.69 Å². The molecule has 6 heteroatoms. The second-order valence-corrected chi connectivity index (χ2v) is 17.0. The first-order valence-electron chi connectivity index (χ1n) is 19.5. The average Bonchev–Trinajstić information content (AvgIpc) is 3.45. The second-order valence-electron chi connectivity index (χ2n) is 16.5. The fraction of sp³-hybridized carbons (Fsp3) is 0.523. The molecular formula is C44H52ClN3O2. The standard InChI is InChI=1S/C44H52ClN3O2/c1-4-5-6-7-8-10-13-30-17-23-37-35-22-16-31-27-39-29(28-44(31,3)38(35)24-25-43(30,37)2)26-36-40(47(39)34-20-18-32(45)19-21-34)46-42(50)48(41(36)49)33-14-11-9-12-15-33/h9,11-12,14-15,18-21,26-27,30,35,37-38H,4-8,10,13,16-17,22-25,28H2,1-3H3/t30-,35-,37-,38-,43+,44-/m0/s1. The lowest BCUT2D eigenvalue weighted by Gasteiger charge is -2.58. The van der Waals surface area contributed by atoms with Crippen molar-refractivity contribution >= 4 is 17.7 Å². The van der Waals surface area contributed by atoms with E-state index in [0.717, 1.165) is 47.5 Å². The van der Waals surface area contributed by atoms with Crippen LogP contribution in [0, 0.1) is 34.5 Å². The Balaban J connectivity index is 1.16. The summed E-state index contributed by atoms with van der Waals surface area (Å²) in [6.07, 6.45) is 20.9. The maximum absolute atomic E-state index is 14.3. The molecule has 0 N–H and O–H groups in total. The Morgan fingerprint density at radius 3 is 2.36 bits per heavy atom. The van der Waals surface area contributed by atoms with E-state index in [1.165, 1.54) is 87.2 Å². The minimum Gasteiger partial charge on any atom is -0.294 e. The number of nitrogens with zero attached hydrogens (tertiary/aromatic N) is 3. The molecule has 8 rings (SSSR count). The van der Waals surface area contributed by atoms with E-state index in [1.807, 2.05) is 47.0 Å². The van der Waals surface area contributed by atoms with Crippen LogP contribution in [0.1, 0.15) is 115 Å². The van der Waals surface area contributed by atoms with Crippen LogP contribution in [-0.4, -0.2) is 14.1 Å². The summed E-state index contributed by atoms with van der Waals surface area (Å²) < 4.78 is 3.26. The Bertz CT molecular complexity index is 1990. The molecule has 0 aromatic heterocycles. The number of hydrogen-bond donors (Lipinski definition) is 0. The first-order chi connectivity index (χ1) is 24.2. The quantitative estimate of drug-likeness (QED) is 0.164. The highest BCUT2D eigenvalue weighted by molar-refractivity contribution is 6.30. The van der Waals surface area contributed by atoms with Crippen molar-refractivity contribution < 1.29 is 0 Å². The molecule has 5 nitrogen and oxygen atoms in total. The van der Waals surface area contributed by atoms with Gasteiger partial charge in [-0.15, -0.1) is 0 Å². The van der Waals surface area contributed by atoms with E-state index in [2.05, 4.69) is 37.9 Å². The summed E-state index contributed by atoms with van der Waals surface area (Å²) >= 11 is 6.34. The normalized spacial score (nSPS) is 28.4. The Morgan fingerprint density at radius 1 is 0.840 bits per heavy atom. The van der Waals surface area contributed by atoms with Crippen LogP contribution in [0.4, 0.5) is 0 Å². The largest absolute Gasteiger partial charge is 0.357 e. The predicted molar refractivity (Wildman–Crippen MR) is 205 cm³/mol. The third kappa shape index (κ3) is 5.54. The fourth-order valence-electron chi connectivity index (χ4n) is 11.4. The highest BCUT2D eigenvalue weighted by Gasteiger charge is 2.58. The van der Waals surface area contributed by atoms with Gasteiger partial charge in [-0.2, -0.15) is 4.98 Å². The van der Waals surface area contributed by atoms with Gasteiger partial charge in [0.2, 0.25) is 0 Å². The van der Waals surface area contributed by atoms with Gasteiger partial charge >= 0.3 is 5.69 Å². The maximum atomic E-state index is 14.3. The van der Waals surface area contributed by atoms with Crippen molar-refractivity contribution in [2.45, 2.75) is 111 Å². The van der Waals surface area contributed by atoms with Crippen LogP contribution in [0.25, 0.3) is 28.8 Å². The summed E-state index contributed by atoms with van der Waals surface area (Å²) in [5.41, 5.74) is 5.22. The number of fused-ring (bicyclic) bond motifs is 7. The Hall–Kier alpha value is -3.44. The van der Waals surface area contributed by atoms with Crippen molar-refractivity contribution in [3.63, 3.8) is 0 Å². The smallest absolute Gasteiger partial charge is 0.294 e. The molecule has 50 heavy (non-hydrogen) atoms. The summed E-state index contributed by atoms with van der Waals surface area (Å²) in [6.45, 7) is 7.50. The molecule has 3 fully saturated rings. The van der Waals surface area contributed by atoms with E-state index in [-0.39, 0.29) is 11.0 Å². The third-order valence-corrected chi connectivity index (χ3v) is 14.2. The second kappa shape index (κ2) is 13.3. The van der Waals surface area contributed by atoms with Crippen LogP contribution in [0.3, 0.4) is 0 Å². The number of aromatic nitrogens is 3. The van der Waals surface area contributed by atoms with Gasteiger partial charge in [-0.3, -0.25) is 9.36 Å². The van der Waals surface area contributed by atoms with Crippen LogP contribution < -0.4 is 11.2 Å². The molecular weight excluding hydrogens is 638 g/mol. The lowest BCUT2D eigenvalue weighted by Crippen LogP contribution is -2.51. The van der Waals surface area contributed by atoms with Crippen LogP contribution in [0.2, 0.25) is 5.02 Å². The zero-order valence-corrected chi connectivity index (χ0v) is 30.9. The third-order valence-electron chi connectivity index (χ3n) is 14.0. The highest BCUT2D eigenvalue weighted by Crippen LogP contribution is 2.67. The SMILES string of the molecule is CCCCCCCC[C@H]1CC[C@H]2[C@@H]3CCC4=Cc5c(cc6c(=O)n(-c7ccccc7)c(=O)nc-6n5-c5ccc(Cl)cc5)C[C@]4(C)[C@H]3CC[C@]12C. The molecule has 0 unspecified atom stereocenters. The first-order valence-corrected chi connectivity index (χ1v) is 19.8. The van der Waals surface area contributed by atoms with Crippen LogP contribution >= 0.6 is 11.6 Å². The minimum atomic E-state index is -0.568. The van der Waals surface area contributed by atoms with Crippen molar-refractivity contribution in [3.8, 4) is 22.8 Å². The van der Waals surface area contributed by atoms with Gasteiger partial charge in [-0.1, -0.05) is 94.7 Å². The predicted octanol–water partition coefficient (Wildman–Crippen LogP) is 10.7. The van der Waals surface area contributed by atoms with Gasteiger partial charge in [0.05, 0.1) is 16.9 Å². The summed E-state index contributed by atoms with van der Waals surface area (Å²) in [7, 11) is 0. The van der Waals surface area contributed by atoms with Gasteiger partial charge in [-0.05, 0) is 140 Å². The summed E-state index contributed by atoms with van der Waals surface area (Å²) in [4.78, 5) is 32.4. The molecule has 2 aromatic carbocycles. The number of allylic oxidation sites excluding steroid dienone is 1. The Labute approximate surface area is 302 Å². The minimum absolute atomic E-state index is 0.0461. The molecule has 0 amide bonds. The first kappa shape index (κ1) is 33.7. The molecule has 6 atom stereocenters. The number of pyridine rings is 1. The van der Waals surface area contributed by atoms with Gasteiger partial charge in [0.25, 0.3) is 5.56 Å². The molecule has 0 radical (unpaired) electrons. The van der Waals surface area contributed by atoms with Crippen LogP contribution in [-0.2, 0) is 6.42 Å². The monoisotopic (exact) mass is 689 g/mol. The molecule has 2 aliphatic heterocycles. The summed E-state index contributed by atoms with van der Waals surface area (Å²) in [5.74, 6) is 3.50. The fourth-order valence-corrected chi connectivity index (χ4v) is 11.5. The van der Waals surface area contributed by atoms with Gasteiger partial charge in [0.15, 0.2) is 5.82 Å². The number of unbranched alkanes of at least 4 members (excludes halogenated alkanes) is 5. The van der Waals surface area contributed by atoms with Crippen molar-refractivity contribution in [2.75, 3.05) is 0 Å². The molecule has 2 aromatic rings. The van der Waals surface area contributed by atoms with Gasteiger partial charge in [0.1, 0.15) is 0 Å². The molecule has 0 saturated heterocycles. The topological polar surface area (TPSA) is 56.9 Å². The molecule has 3 saturated carbocycles. The molecule has 4 aliphatic carbocycles. The molecule has 6 aliphatic rings. The number of benzene rings is 2. The zero-order valence-electron chi connectivity index (χ0n) is 30.1. The maximum Gasteiger partial charge on any atom is 0.357 e. The van der Waals surface area contributed by atoms with Crippen LogP contribution in [0.15, 0.2) is 75.8 Å². The zero-order chi connectivity index (χ0) is 34.6. The van der Waals surface area contributed by atoms with Crippen molar-refractivity contribution in [1.29, 1.82) is 0 Å². The Kier molecular flexibility index (Phi) is 8.94. The van der Waals surface area contributed by atoms with Gasteiger partial charge in [-0.25, -0.2) is 9.36 Å². The molecule has 0 bridgehead atoms. The highest BCUT2D eigenvalue weighted by atomic mass is 35.5.